The van der Waals surface area contributed by atoms with Crippen molar-refractivity contribution in [1.82, 2.24) is 10.1 Å². The summed E-state index contributed by atoms with van der Waals surface area (Å²) in [4.78, 5) is 4.50. The quantitative estimate of drug-likeness (QED) is 0.942. The van der Waals surface area contributed by atoms with E-state index in [-0.39, 0.29) is 12.0 Å². The smallest absolute Gasteiger partial charge is 0.231 e. The van der Waals surface area contributed by atoms with Gasteiger partial charge in [-0.05, 0) is 24.5 Å². The maximum Gasteiger partial charge on any atom is 0.231 e. The number of nitrogens with zero attached hydrogens (tertiary/aromatic N) is 2. The highest BCUT2D eigenvalue weighted by Crippen LogP contribution is 2.31. The maximum atomic E-state index is 6.15. The van der Waals surface area contributed by atoms with Gasteiger partial charge in [0, 0.05) is 17.5 Å². The number of aromatic nitrogens is 2. The molecule has 1 heterocycles. The average molecular weight is 292 g/mol. The van der Waals surface area contributed by atoms with Crippen LogP contribution in [0.15, 0.2) is 28.8 Å². The van der Waals surface area contributed by atoms with Crippen LogP contribution in [-0.2, 0) is 6.42 Å². The average Bonchev–Trinajstić information content (AvgIpc) is 2.90. The summed E-state index contributed by atoms with van der Waals surface area (Å²) in [6.45, 7) is 0. The van der Waals surface area contributed by atoms with E-state index in [0.29, 0.717) is 18.1 Å². The summed E-state index contributed by atoms with van der Waals surface area (Å²) in [7, 11) is 0. The van der Waals surface area contributed by atoms with Crippen molar-refractivity contribution in [2.24, 2.45) is 5.73 Å². The van der Waals surface area contributed by atoms with Gasteiger partial charge in [-0.2, -0.15) is 4.98 Å². The van der Waals surface area contributed by atoms with E-state index >= 15 is 0 Å². The summed E-state index contributed by atoms with van der Waals surface area (Å²) >= 11 is 6.15. The molecule has 0 saturated heterocycles. The lowest BCUT2D eigenvalue weighted by Crippen LogP contribution is -2.31. The number of nitrogens with two attached hydrogens (primary N) is 1. The summed E-state index contributed by atoms with van der Waals surface area (Å²) < 4.78 is 5.40. The maximum absolute atomic E-state index is 6.15. The van der Waals surface area contributed by atoms with E-state index in [4.69, 9.17) is 21.9 Å². The fraction of sp³-hybridized carbons (Fsp3) is 0.467. The molecule has 3 rings (SSSR count). The van der Waals surface area contributed by atoms with E-state index in [2.05, 4.69) is 10.1 Å². The summed E-state index contributed by atoms with van der Waals surface area (Å²) in [6.07, 6.45) is 5.03. The Morgan fingerprint density at radius 2 is 2.05 bits per heavy atom. The zero-order chi connectivity index (χ0) is 13.9. The van der Waals surface area contributed by atoms with Gasteiger partial charge in [0.15, 0.2) is 5.82 Å². The first kappa shape index (κ1) is 13.6. The molecule has 2 atom stereocenters. The van der Waals surface area contributed by atoms with E-state index in [9.17, 15) is 0 Å². The van der Waals surface area contributed by atoms with Gasteiger partial charge >= 0.3 is 0 Å². The van der Waals surface area contributed by atoms with Crippen LogP contribution in [0.25, 0.3) is 0 Å². The van der Waals surface area contributed by atoms with Crippen LogP contribution in [0.3, 0.4) is 0 Å². The predicted molar refractivity (Wildman–Crippen MR) is 77.7 cm³/mol. The minimum Gasteiger partial charge on any atom is -0.339 e. The number of benzene rings is 1. The highest BCUT2D eigenvalue weighted by atomic mass is 35.5. The number of rotatable bonds is 3. The second-order valence-electron chi connectivity index (χ2n) is 5.37. The first-order valence-electron chi connectivity index (χ1n) is 7.05. The lowest BCUT2D eigenvalue weighted by Gasteiger charge is -2.25. The van der Waals surface area contributed by atoms with Crippen molar-refractivity contribution in [2.45, 2.75) is 44.1 Å². The van der Waals surface area contributed by atoms with Crippen LogP contribution in [0.1, 0.15) is 48.9 Å². The Morgan fingerprint density at radius 3 is 2.85 bits per heavy atom. The number of hydrogen-bond acceptors (Lipinski definition) is 4. The summed E-state index contributed by atoms with van der Waals surface area (Å²) in [5.74, 6) is 1.56. The second-order valence-corrected chi connectivity index (χ2v) is 5.78. The van der Waals surface area contributed by atoms with Crippen molar-refractivity contribution in [3.8, 4) is 0 Å². The topological polar surface area (TPSA) is 64.9 Å². The Balaban J connectivity index is 1.75. The van der Waals surface area contributed by atoms with Crippen LogP contribution >= 0.6 is 11.6 Å². The van der Waals surface area contributed by atoms with Crippen LogP contribution in [0.4, 0.5) is 0 Å². The minimum absolute atomic E-state index is 0.136. The molecular formula is C15H18ClN3O. The molecule has 1 aromatic heterocycles. The van der Waals surface area contributed by atoms with Gasteiger partial charge in [-0.25, -0.2) is 0 Å². The van der Waals surface area contributed by atoms with Gasteiger partial charge < -0.3 is 10.3 Å². The predicted octanol–water partition coefficient (Wildman–Crippen LogP) is 3.30. The van der Waals surface area contributed by atoms with E-state index in [0.717, 1.165) is 23.4 Å². The van der Waals surface area contributed by atoms with Gasteiger partial charge in [0.2, 0.25) is 5.89 Å². The first-order valence-corrected chi connectivity index (χ1v) is 7.43. The fourth-order valence-electron chi connectivity index (χ4n) is 2.77. The van der Waals surface area contributed by atoms with Gasteiger partial charge in [0.1, 0.15) is 0 Å². The van der Waals surface area contributed by atoms with Crippen molar-refractivity contribution in [3.05, 3.63) is 46.6 Å². The van der Waals surface area contributed by atoms with Crippen molar-refractivity contribution in [2.75, 3.05) is 0 Å². The molecule has 0 radical (unpaired) electrons. The molecule has 2 N–H and O–H groups in total. The molecule has 0 aliphatic heterocycles. The molecule has 0 spiro atoms. The van der Waals surface area contributed by atoms with E-state index < -0.39 is 0 Å². The van der Waals surface area contributed by atoms with Gasteiger partial charge in [-0.15, -0.1) is 0 Å². The Morgan fingerprint density at radius 1 is 1.25 bits per heavy atom. The van der Waals surface area contributed by atoms with E-state index in [1.807, 2.05) is 24.3 Å². The minimum atomic E-state index is 0.136. The molecule has 106 valence electrons. The first-order chi connectivity index (χ1) is 9.74. The Kier molecular flexibility index (Phi) is 4.03. The summed E-state index contributed by atoms with van der Waals surface area (Å²) in [6, 6.07) is 7.85. The Bertz CT molecular complexity index is 584. The highest BCUT2D eigenvalue weighted by Gasteiger charge is 2.28. The van der Waals surface area contributed by atoms with Crippen molar-refractivity contribution >= 4 is 11.6 Å². The lowest BCUT2D eigenvalue weighted by molar-refractivity contribution is 0.289. The van der Waals surface area contributed by atoms with Crippen LogP contribution < -0.4 is 5.73 Å². The van der Waals surface area contributed by atoms with Gasteiger partial charge in [-0.1, -0.05) is 47.8 Å². The third-order valence-electron chi connectivity index (χ3n) is 3.93. The van der Waals surface area contributed by atoms with Crippen LogP contribution in [0.2, 0.25) is 5.02 Å². The van der Waals surface area contributed by atoms with Crippen molar-refractivity contribution < 1.29 is 4.52 Å². The monoisotopic (exact) mass is 291 g/mol. The third-order valence-corrected chi connectivity index (χ3v) is 4.30. The molecule has 1 aliphatic carbocycles. The fourth-order valence-corrected chi connectivity index (χ4v) is 2.97. The zero-order valence-electron chi connectivity index (χ0n) is 11.3. The Hall–Kier alpha value is -1.39. The molecular weight excluding hydrogens is 274 g/mol. The zero-order valence-corrected chi connectivity index (χ0v) is 12.0. The SMILES string of the molecule is NC1CCCCC1c1nc(Cc2ccccc2Cl)no1. The second kappa shape index (κ2) is 5.94. The van der Waals surface area contributed by atoms with Crippen molar-refractivity contribution in [1.29, 1.82) is 0 Å². The summed E-state index contributed by atoms with van der Waals surface area (Å²) in [5, 5.41) is 4.79. The largest absolute Gasteiger partial charge is 0.339 e. The molecule has 0 bridgehead atoms. The van der Waals surface area contributed by atoms with Crippen LogP contribution in [0, 0.1) is 0 Å². The molecule has 1 fully saturated rings. The van der Waals surface area contributed by atoms with Crippen molar-refractivity contribution in [3.63, 3.8) is 0 Å². The molecule has 2 aromatic rings. The normalized spacial score (nSPS) is 22.9. The van der Waals surface area contributed by atoms with Gasteiger partial charge in [0.25, 0.3) is 0 Å². The molecule has 4 nitrogen and oxygen atoms in total. The number of halogens is 1. The molecule has 0 amide bonds. The highest BCUT2D eigenvalue weighted by molar-refractivity contribution is 6.31. The molecule has 1 aromatic carbocycles. The van der Waals surface area contributed by atoms with Gasteiger partial charge in [0.05, 0.1) is 5.92 Å². The Labute approximate surface area is 123 Å². The lowest BCUT2D eigenvalue weighted by atomic mass is 9.85. The molecule has 20 heavy (non-hydrogen) atoms. The van der Waals surface area contributed by atoms with Crippen LogP contribution in [-0.4, -0.2) is 16.2 Å². The number of hydrogen-bond donors (Lipinski definition) is 1. The van der Waals surface area contributed by atoms with E-state index in [1.54, 1.807) is 0 Å². The molecule has 2 unspecified atom stereocenters. The van der Waals surface area contributed by atoms with E-state index in [1.165, 1.54) is 12.8 Å². The summed E-state index contributed by atoms with van der Waals surface area (Å²) in [5.41, 5.74) is 7.16. The standard InChI is InChI=1S/C15H18ClN3O/c16-12-7-3-1-5-10(12)9-14-18-15(20-19-14)11-6-2-4-8-13(11)17/h1,3,5,7,11,13H,2,4,6,8-9,17H2. The van der Waals surface area contributed by atoms with Crippen LogP contribution in [0.5, 0.6) is 0 Å². The molecule has 5 heteroatoms. The van der Waals surface area contributed by atoms with Gasteiger partial charge in [-0.3, -0.25) is 0 Å². The third kappa shape index (κ3) is 2.86. The molecule has 1 saturated carbocycles. The molecule has 1 aliphatic rings.